The Labute approximate surface area is 194 Å². The lowest BCUT2D eigenvalue weighted by atomic mass is 10.1. The summed E-state index contributed by atoms with van der Waals surface area (Å²) in [7, 11) is 0. The van der Waals surface area contributed by atoms with Crippen LogP contribution < -0.4 is 4.90 Å². The van der Waals surface area contributed by atoms with Crippen LogP contribution in [0.2, 0.25) is 5.02 Å². The standard InChI is InChI=1S/C22H22ClN5O3S/c1-15-3-5-16(6-4-15)13-20-24-22(32-25-20)27-10-2-9-26(11-12-27)21(29)17-7-8-18(23)19(14-17)28(30)31/h3-8,14H,2,9-13H2,1H3. The van der Waals surface area contributed by atoms with Gasteiger partial charge in [-0.2, -0.15) is 4.37 Å². The van der Waals surface area contributed by atoms with Crippen LogP contribution in [0.25, 0.3) is 0 Å². The molecule has 0 bridgehead atoms. The summed E-state index contributed by atoms with van der Waals surface area (Å²) in [4.78, 5) is 32.1. The van der Waals surface area contributed by atoms with E-state index in [4.69, 9.17) is 16.6 Å². The van der Waals surface area contributed by atoms with Crippen molar-refractivity contribution in [2.24, 2.45) is 0 Å². The van der Waals surface area contributed by atoms with E-state index < -0.39 is 4.92 Å². The largest absolute Gasteiger partial charge is 0.345 e. The minimum atomic E-state index is -0.576. The molecule has 32 heavy (non-hydrogen) atoms. The van der Waals surface area contributed by atoms with Gasteiger partial charge in [0.2, 0.25) is 5.13 Å². The number of aryl methyl sites for hydroxylation is 1. The summed E-state index contributed by atoms with van der Waals surface area (Å²) in [5.41, 5.74) is 2.40. The van der Waals surface area contributed by atoms with Crippen LogP contribution in [0, 0.1) is 17.0 Å². The fraction of sp³-hybridized carbons (Fsp3) is 0.318. The Morgan fingerprint density at radius 3 is 2.69 bits per heavy atom. The fourth-order valence-electron chi connectivity index (χ4n) is 3.61. The number of nitro groups is 1. The minimum absolute atomic E-state index is 0.0197. The van der Waals surface area contributed by atoms with Crippen LogP contribution in [0.5, 0.6) is 0 Å². The second-order valence-corrected chi connectivity index (χ2v) is 8.85. The van der Waals surface area contributed by atoms with Gasteiger partial charge in [0.15, 0.2) is 0 Å². The maximum atomic E-state index is 12.9. The zero-order chi connectivity index (χ0) is 22.7. The highest BCUT2D eigenvalue weighted by atomic mass is 35.5. The van der Waals surface area contributed by atoms with E-state index in [2.05, 4.69) is 40.5 Å². The molecule has 0 atom stereocenters. The van der Waals surface area contributed by atoms with Gasteiger partial charge >= 0.3 is 0 Å². The lowest BCUT2D eigenvalue weighted by Gasteiger charge is -2.21. The van der Waals surface area contributed by atoms with Gasteiger partial charge in [-0.1, -0.05) is 41.4 Å². The van der Waals surface area contributed by atoms with Crippen molar-refractivity contribution < 1.29 is 9.72 Å². The summed E-state index contributed by atoms with van der Waals surface area (Å²) < 4.78 is 4.51. The Hall–Kier alpha value is -3.04. The molecule has 1 amide bonds. The minimum Gasteiger partial charge on any atom is -0.345 e. The van der Waals surface area contributed by atoms with Crippen molar-refractivity contribution in [3.63, 3.8) is 0 Å². The molecule has 0 radical (unpaired) electrons. The highest BCUT2D eigenvalue weighted by Crippen LogP contribution is 2.26. The van der Waals surface area contributed by atoms with Crippen LogP contribution >= 0.6 is 23.1 Å². The van der Waals surface area contributed by atoms with Crippen molar-refractivity contribution in [3.05, 3.63) is 80.1 Å². The van der Waals surface area contributed by atoms with Gasteiger partial charge in [0.05, 0.1) is 4.92 Å². The summed E-state index contributed by atoms with van der Waals surface area (Å²) in [6, 6.07) is 12.5. The van der Waals surface area contributed by atoms with Gasteiger partial charge in [0, 0.05) is 55.8 Å². The molecule has 166 valence electrons. The molecule has 4 rings (SSSR count). The monoisotopic (exact) mass is 471 g/mol. The first-order valence-corrected chi connectivity index (χ1v) is 11.4. The van der Waals surface area contributed by atoms with E-state index in [1.807, 2.05) is 0 Å². The quantitative estimate of drug-likeness (QED) is 0.405. The molecular formula is C22H22ClN5O3S. The molecule has 1 aromatic heterocycles. The maximum Gasteiger partial charge on any atom is 0.288 e. The molecular weight excluding hydrogens is 450 g/mol. The third-order valence-electron chi connectivity index (χ3n) is 5.38. The summed E-state index contributed by atoms with van der Waals surface area (Å²) in [5, 5.41) is 12.0. The molecule has 0 unspecified atom stereocenters. The van der Waals surface area contributed by atoms with E-state index in [0.29, 0.717) is 26.1 Å². The summed E-state index contributed by atoms with van der Waals surface area (Å²) >= 11 is 7.24. The van der Waals surface area contributed by atoms with Crippen molar-refractivity contribution in [1.82, 2.24) is 14.3 Å². The van der Waals surface area contributed by atoms with Gasteiger partial charge in [-0.05, 0) is 31.0 Å². The number of halogens is 1. The van der Waals surface area contributed by atoms with Gasteiger partial charge in [0.25, 0.3) is 11.6 Å². The molecule has 1 aliphatic rings. The second-order valence-electron chi connectivity index (χ2n) is 7.71. The number of aromatic nitrogens is 2. The molecule has 1 saturated heterocycles. The highest BCUT2D eigenvalue weighted by molar-refractivity contribution is 7.09. The van der Waals surface area contributed by atoms with Crippen LogP contribution in [-0.4, -0.2) is 51.3 Å². The number of hydrogen-bond donors (Lipinski definition) is 0. The van der Waals surface area contributed by atoms with Gasteiger partial charge in [0.1, 0.15) is 10.8 Å². The van der Waals surface area contributed by atoms with E-state index in [0.717, 1.165) is 23.9 Å². The molecule has 2 heterocycles. The maximum absolute atomic E-state index is 12.9. The number of nitrogens with zero attached hydrogens (tertiary/aromatic N) is 5. The smallest absolute Gasteiger partial charge is 0.288 e. The SMILES string of the molecule is Cc1ccc(Cc2nsc(N3CCCN(C(=O)c4ccc(Cl)c([N+](=O)[O-])c4)CC3)n2)cc1. The van der Waals surface area contributed by atoms with Crippen LogP contribution in [0.15, 0.2) is 42.5 Å². The number of amides is 1. The number of hydrogen-bond acceptors (Lipinski definition) is 7. The molecule has 0 spiro atoms. The molecule has 1 fully saturated rings. The van der Waals surface area contributed by atoms with E-state index in [-0.39, 0.29) is 22.2 Å². The van der Waals surface area contributed by atoms with Crippen molar-refractivity contribution in [3.8, 4) is 0 Å². The molecule has 8 nitrogen and oxygen atoms in total. The highest BCUT2D eigenvalue weighted by Gasteiger charge is 2.24. The van der Waals surface area contributed by atoms with E-state index in [1.54, 1.807) is 4.90 Å². The first kappa shape index (κ1) is 22.2. The lowest BCUT2D eigenvalue weighted by molar-refractivity contribution is -0.384. The van der Waals surface area contributed by atoms with Crippen molar-refractivity contribution >= 4 is 39.9 Å². The summed E-state index contributed by atoms with van der Waals surface area (Å²) in [6.07, 6.45) is 1.46. The third-order valence-corrected chi connectivity index (χ3v) is 6.52. The van der Waals surface area contributed by atoms with Crippen molar-refractivity contribution in [2.45, 2.75) is 19.8 Å². The Kier molecular flexibility index (Phi) is 6.66. The topological polar surface area (TPSA) is 92.5 Å². The molecule has 10 heteroatoms. The molecule has 1 aliphatic heterocycles. The Morgan fingerprint density at radius 1 is 1.16 bits per heavy atom. The summed E-state index contributed by atoms with van der Waals surface area (Å²) in [5.74, 6) is 0.559. The van der Waals surface area contributed by atoms with Crippen LogP contribution in [0.3, 0.4) is 0 Å². The lowest BCUT2D eigenvalue weighted by Crippen LogP contribution is -2.35. The normalized spacial score (nSPS) is 14.3. The Morgan fingerprint density at radius 2 is 1.94 bits per heavy atom. The van der Waals surface area contributed by atoms with E-state index in [9.17, 15) is 14.9 Å². The molecule has 2 aromatic carbocycles. The first-order chi connectivity index (χ1) is 15.4. The predicted molar refractivity (Wildman–Crippen MR) is 125 cm³/mol. The van der Waals surface area contributed by atoms with E-state index >= 15 is 0 Å². The fourth-order valence-corrected chi connectivity index (χ4v) is 4.54. The molecule has 0 saturated carbocycles. The van der Waals surface area contributed by atoms with Gasteiger partial charge < -0.3 is 9.80 Å². The number of anilines is 1. The van der Waals surface area contributed by atoms with Gasteiger partial charge in [-0.15, -0.1) is 0 Å². The van der Waals surface area contributed by atoms with Crippen LogP contribution in [0.1, 0.15) is 33.7 Å². The van der Waals surface area contributed by atoms with Crippen LogP contribution in [-0.2, 0) is 6.42 Å². The second kappa shape index (κ2) is 9.62. The van der Waals surface area contributed by atoms with Gasteiger partial charge in [-0.25, -0.2) is 4.98 Å². The number of carbonyl (C=O) groups is 1. The number of rotatable bonds is 5. The number of nitro benzene ring substituents is 1. The number of benzene rings is 2. The zero-order valence-corrected chi connectivity index (χ0v) is 19.1. The summed E-state index contributed by atoms with van der Waals surface area (Å²) in [6.45, 7) is 4.53. The Bertz CT molecular complexity index is 1130. The molecule has 0 aliphatic carbocycles. The average Bonchev–Trinajstić information content (AvgIpc) is 3.10. The van der Waals surface area contributed by atoms with Crippen molar-refractivity contribution in [1.29, 1.82) is 0 Å². The first-order valence-electron chi connectivity index (χ1n) is 10.3. The average molecular weight is 472 g/mol. The van der Waals surface area contributed by atoms with Crippen LogP contribution in [0.4, 0.5) is 10.8 Å². The molecule has 0 N–H and O–H groups in total. The zero-order valence-electron chi connectivity index (χ0n) is 17.5. The third kappa shape index (κ3) is 5.05. The molecule has 3 aromatic rings. The predicted octanol–water partition coefficient (Wildman–Crippen LogP) is 4.35. The van der Waals surface area contributed by atoms with Crippen molar-refractivity contribution in [2.75, 3.05) is 31.1 Å². The Balaban J connectivity index is 1.41. The van der Waals surface area contributed by atoms with Gasteiger partial charge in [-0.3, -0.25) is 14.9 Å². The number of carbonyl (C=O) groups excluding carboxylic acids is 1. The van der Waals surface area contributed by atoms with E-state index in [1.165, 1.54) is 40.9 Å².